The number of hydrogen-bond donors (Lipinski definition) is 1. The van der Waals surface area contributed by atoms with Crippen molar-refractivity contribution in [1.82, 2.24) is 0 Å². The second-order valence-electron chi connectivity index (χ2n) is 7.58. The number of allylic oxidation sites excluding steroid dienone is 4. The molecule has 2 unspecified atom stereocenters. The molecule has 0 saturated heterocycles. The Bertz CT molecular complexity index is 604. The zero-order chi connectivity index (χ0) is 17.3. The van der Waals surface area contributed by atoms with E-state index in [9.17, 15) is 4.79 Å². The highest BCUT2D eigenvalue weighted by atomic mass is 16.5. The lowest BCUT2D eigenvalue weighted by molar-refractivity contribution is -0.131. The molecule has 2 aliphatic rings. The first-order valence-electron chi connectivity index (χ1n) is 8.31. The van der Waals surface area contributed by atoms with Crippen LogP contribution in [0.3, 0.4) is 0 Å². The van der Waals surface area contributed by atoms with Crippen LogP contribution < -0.4 is 0 Å². The highest BCUT2D eigenvalue weighted by molar-refractivity contribution is 5.81. The Kier molecular flexibility index (Phi) is 5.00. The van der Waals surface area contributed by atoms with Crippen molar-refractivity contribution in [2.24, 2.45) is 5.41 Å². The lowest BCUT2D eigenvalue weighted by Crippen LogP contribution is -2.39. The Labute approximate surface area is 139 Å². The standard InChI is InChI=1S/C20H28O3/c1-14(12-18(21)22)8-6-9-15(2)16-13-17-19(3,4)10-7-11-20(17,5)23-16/h6,8-9,12-13,16H,7,10-11H2,1-5H3,(H,21,22). The molecule has 1 aliphatic heterocycles. The van der Waals surface area contributed by atoms with Crippen molar-refractivity contribution >= 4 is 5.97 Å². The van der Waals surface area contributed by atoms with Crippen LogP contribution in [0.5, 0.6) is 0 Å². The molecule has 0 radical (unpaired) electrons. The molecule has 1 saturated carbocycles. The van der Waals surface area contributed by atoms with Gasteiger partial charge in [0.1, 0.15) is 0 Å². The third-order valence-electron chi connectivity index (χ3n) is 4.98. The Hall–Kier alpha value is -1.61. The van der Waals surface area contributed by atoms with Crippen molar-refractivity contribution in [1.29, 1.82) is 0 Å². The van der Waals surface area contributed by atoms with Gasteiger partial charge in [0.05, 0.1) is 11.7 Å². The van der Waals surface area contributed by atoms with E-state index in [1.807, 2.05) is 12.2 Å². The smallest absolute Gasteiger partial charge is 0.328 e. The van der Waals surface area contributed by atoms with Crippen LogP contribution in [-0.4, -0.2) is 22.8 Å². The highest BCUT2D eigenvalue weighted by Crippen LogP contribution is 2.51. The van der Waals surface area contributed by atoms with Crippen molar-refractivity contribution in [2.75, 3.05) is 0 Å². The maximum atomic E-state index is 10.6. The van der Waals surface area contributed by atoms with Crippen LogP contribution in [0.25, 0.3) is 0 Å². The number of aliphatic carboxylic acids is 1. The number of ether oxygens (including phenoxy) is 1. The summed E-state index contributed by atoms with van der Waals surface area (Å²) >= 11 is 0. The maximum absolute atomic E-state index is 10.6. The summed E-state index contributed by atoms with van der Waals surface area (Å²) in [6.45, 7) is 10.7. The minimum atomic E-state index is -0.920. The maximum Gasteiger partial charge on any atom is 0.328 e. The molecule has 1 N–H and O–H groups in total. The molecule has 23 heavy (non-hydrogen) atoms. The van der Waals surface area contributed by atoms with Gasteiger partial charge < -0.3 is 9.84 Å². The van der Waals surface area contributed by atoms with Crippen molar-refractivity contribution in [3.8, 4) is 0 Å². The van der Waals surface area contributed by atoms with Crippen LogP contribution in [0.2, 0.25) is 0 Å². The molecule has 3 nitrogen and oxygen atoms in total. The van der Waals surface area contributed by atoms with E-state index in [1.165, 1.54) is 24.5 Å². The first-order chi connectivity index (χ1) is 10.6. The van der Waals surface area contributed by atoms with E-state index < -0.39 is 5.97 Å². The summed E-state index contributed by atoms with van der Waals surface area (Å²) in [7, 11) is 0. The number of rotatable bonds is 4. The van der Waals surface area contributed by atoms with Crippen molar-refractivity contribution in [3.63, 3.8) is 0 Å². The van der Waals surface area contributed by atoms with E-state index in [4.69, 9.17) is 9.84 Å². The van der Waals surface area contributed by atoms with Crippen molar-refractivity contribution in [3.05, 3.63) is 47.1 Å². The number of carboxylic acids is 1. The first kappa shape index (κ1) is 17.7. The number of hydrogen-bond acceptors (Lipinski definition) is 2. The summed E-state index contributed by atoms with van der Waals surface area (Å²) in [4.78, 5) is 10.6. The highest BCUT2D eigenvalue weighted by Gasteiger charge is 2.47. The normalized spacial score (nSPS) is 31.2. The van der Waals surface area contributed by atoms with Crippen LogP contribution in [0.1, 0.15) is 53.9 Å². The van der Waals surface area contributed by atoms with Gasteiger partial charge in [-0.2, -0.15) is 0 Å². The van der Waals surface area contributed by atoms with E-state index in [2.05, 4.69) is 33.8 Å². The van der Waals surface area contributed by atoms with E-state index in [-0.39, 0.29) is 17.1 Å². The molecule has 126 valence electrons. The molecule has 0 amide bonds. The summed E-state index contributed by atoms with van der Waals surface area (Å²) in [6, 6.07) is 0. The monoisotopic (exact) mass is 316 g/mol. The van der Waals surface area contributed by atoms with Crippen LogP contribution in [0.4, 0.5) is 0 Å². The largest absolute Gasteiger partial charge is 0.478 e. The predicted molar refractivity (Wildman–Crippen MR) is 93.3 cm³/mol. The lowest BCUT2D eigenvalue weighted by Gasteiger charge is -2.42. The zero-order valence-electron chi connectivity index (χ0n) is 14.8. The van der Waals surface area contributed by atoms with Gasteiger partial charge in [-0.25, -0.2) is 4.79 Å². The zero-order valence-corrected chi connectivity index (χ0v) is 14.8. The molecule has 1 heterocycles. The van der Waals surface area contributed by atoms with Gasteiger partial charge in [-0.05, 0) is 68.2 Å². The number of fused-ring (bicyclic) bond motifs is 1. The quantitative estimate of drug-likeness (QED) is 0.460. The third kappa shape index (κ3) is 4.03. The predicted octanol–water partition coefficient (Wildman–Crippen LogP) is 4.81. The number of carboxylic acid groups (broad SMARTS) is 1. The van der Waals surface area contributed by atoms with E-state index in [0.29, 0.717) is 5.57 Å². The Balaban J connectivity index is 2.14. The Morgan fingerprint density at radius 2 is 2.00 bits per heavy atom. The first-order valence-corrected chi connectivity index (χ1v) is 8.31. The summed E-state index contributed by atoms with van der Waals surface area (Å²) in [6.07, 6.45) is 12.7. The summed E-state index contributed by atoms with van der Waals surface area (Å²) in [5.74, 6) is -0.920. The van der Waals surface area contributed by atoms with Crippen LogP contribution in [-0.2, 0) is 9.53 Å². The van der Waals surface area contributed by atoms with E-state index in [0.717, 1.165) is 12.0 Å². The fourth-order valence-electron chi connectivity index (χ4n) is 3.76. The lowest BCUT2D eigenvalue weighted by atomic mass is 9.67. The van der Waals surface area contributed by atoms with Gasteiger partial charge in [0.25, 0.3) is 0 Å². The summed E-state index contributed by atoms with van der Waals surface area (Å²) in [5.41, 5.74) is 3.36. The van der Waals surface area contributed by atoms with Crippen LogP contribution in [0.15, 0.2) is 47.1 Å². The van der Waals surface area contributed by atoms with Gasteiger partial charge in [0.15, 0.2) is 0 Å². The van der Waals surface area contributed by atoms with Gasteiger partial charge >= 0.3 is 5.97 Å². The van der Waals surface area contributed by atoms with E-state index in [1.54, 1.807) is 13.0 Å². The van der Waals surface area contributed by atoms with Crippen LogP contribution in [0, 0.1) is 5.41 Å². The third-order valence-corrected chi connectivity index (χ3v) is 4.98. The molecule has 1 fully saturated rings. The average Bonchev–Trinajstić information content (AvgIpc) is 2.77. The SMILES string of the molecule is CC(C=CC=C(C)C1C=C2C(C)(C)CCCC2(C)O1)=CC(=O)O. The summed E-state index contributed by atoms with van der Waals surface area (Å²) < 4.78 is 6.37. The van der Waals surface area contributed by atoms with Gasteiger partial charge in [-0.15, -0.1) is 0 Å². The molecule has 3 heteroatoms. The van der Waals surface area contributed by atoms with Crippen molar-refractivity contribution in [2.45, 2.75) is 65.6 Å². The molecule has 0 spiro atoms. The topological polar surface area (TPSA) is 46.5 Å². The Morgan fingerprint density at radius 3 is 2.61 bits per heavy atom. The second-order valence-corrected chi connectivity index (χ2v) is 7.58. The fraction of sp³-hybridized carbons (Fsp3) is 0.550. The van der Waals surface area contributed by atoms with Crippen molar-refractivity contribution < 1.29 is 14.6 Å². The summed E-state index contributed by atoms with van der Waals surface area (Å²) in [5, 5.41) is 8.71. The molecule has 1 aliphatic carbocycles. The fourth-order valence-corrected chi connectivity index (χ4v) is 3.76. The van der Waals surface area contributed by atoms with Crippen LogP contribution >= 0.6 is 0 Å². The minimum absolute atomic E-state index is 0.0146. The average molecular weight is 316 g/mol. The molecule has 0 aromatic carbocycles. The molecule has 0 bridgehead atoms. The molecule has 2 rings (SSSR count). The number of carbonyl (C=O) groups is 1. The molecule has 0 aromatic rings. The van der Waals surface area contributed by atoms with E-state index >= 15 is 0 Å². The molecule has 0 aromatic heterocycles. The minimum Gasteiger partial charge on any atom is -0.478 e. The van der Waals surface area contributed by atoms with Gasteiger partial charge in [0, 0.05) is 6.08 Å². The second kappa shape index (κ2) is 6.48. The van der Waals surface area contributed by atoms with Gasteiger partial charge in [-0.1, -0.05) is 32.1 Å². The Morgan fingerprint density at radius 1 is 1.30 bits per heavy atom. The van der Waals surface area contributed by atoms with Gasteiger partial charge in [0.2, 0.25) is 0 Å². The van der Waals surface area contributed by atoms with Gasteiger partial charge in [-0.3, -0.25) is 0 Å². The molecular formula is C20H28O3. The molecule has 2 atom stereocenters. The molecular weight excluding hydrogens is 288 g/mol.